The Morgan fingerprint density at radius 2 is 2.00 bits per heavy atom. The van der Waals surface area contributed by atoms with Gasteiger partial charge in [-0.15, -0.1) is 0 Å². The number of nitrogens with two attached hydrogens (primary N) is 1. The molecule has 1 rings (SSSR count). The molecule has 2 N–H and O–H groups in total. The molecule has 0 saturated heterocycles. The van der Waals surface area contributed by atoms with E-state index in [4.69, 9.17) is 5.73 Å². The first-order valence-corrected chi connectivity index (χ1v) is 4.82. The monoisotopic (exact) mass is 192 g/mol. The fourth-order valence-electron chi connectivity index (χ4n) is 1.33. The first kappa shape index (κ1) is 10.6. The summed E-state index contributed by atoms with van der Waals surface area (Å²) in [5.74, 6) is 0. The first-order valence-electron chi connectivity index (χ1n) is 4.82. The average Bonchev–Trinajstić information content (AvgIpc) is 2.20. The Balaban J connectivity index is 2.44. The minimum Gasteiger partial charge on any atom is -0.351 e. The molecule has 1 aromatic carbocycles. The highest BCUT2D eigenvalue weighted by atomic mass is 16.2. The van der Waals surface area contributed by atoms with Gasteiger partial charge in [0.25, 0.3) is 0 Å². The van der Waals surface area contributed by atoms with E-state index in [-0.39, 0.29) is 6.03 Å². The van der Waals surface area contributed by atoms with E-state index in [1.165, 1.54) is 5.56 Å². The first-order chi connectivity index (χ1) is 6.74. The van der Waals surface area contributed by atoms with E-state index in [0.717, 1.165) is 6.42 Å². The van der Waals surface area contributed by atoms with Gasteiger partial charge in [-0.3, -0.25) is 0 Å². The number of carbonyl (C=O) groups excluding carboxylic acids is 1. The van der Waals surface area contributed by atoms with E-state index >= 15 is 0 Å². The summed E-state index contributed by atoms with van der Waals surface area (Å²) < 4.78 is 0. The highest BCUT2D eigenvalue weighted by Gasteiger charge is 2.05. The van der Waals surface area contributed by atoms with Gasteiger partial charge in [-0.25, -0.2) is 4.79 Å². The number of primary amides is 1. The Kier molecular flexibility index (Phi) is 3.98. The van der Waals surface area contributed by atoms with Crippen LogP contribution in [0.25, 0.3) is 0 Å². The molecule has 0 aromatic heterocycles. The second-order valence-corrected chi connectivity index (χ2v) is 3.15. The molecule has 0 radical (unpaired) electrons. The van der Waals surface area contributed by atoms with Gasteiger partial charge >= 0.3 is 6.03 Å². The van der Waals surface area contributed by atoms with Crippen LogP contribution in [0.3, 0.4) is 0 Å². The molecule has 0 unspecified atom stereocenters. The number of hydrogen-bond donors (Lipinski definition) is 1. The minimum absolute atomic E-state index is 0.344. The van der Waals surface area contributed by atoms with E-state index < -0.39 is 0 Å². The van der Waals surface area contributed by atoms with Crippen molar-refractivity contribution in [3.8, 4) is 0 Å². The Morgan fingerprint density at radius 1 is 1.36 bits per heavy atom. The van der Waals surface area contributed by atoms with Gasteiger partial charge in [0, 0.05) is 13.1 Å². The predicted octanol–water partition coefficient (Wildman–Crippen LogP) is 1.63. The van der Waals surface area contributed by atoms with Gasteiger partial charge in [-0.1, -0.05) is 30.3 Å². The fourth-order valence-corrected chi connectivity index (χ4v) is 1.33. The summed E-state index contributed by atoms with van der Waals surface area (Å²) in [5.41, 5.74) is 6.43. The summed E-state index contributed by atoms with van der Waals surface area (Å²) in [7, 11) is 0. The molecule has 0 aliphatic heterocycles. The summed E-state index contributed by atoms with van der Waals surface area (Å²) in [6.07, 6.45) is 0.859. The normalized spacial score (nSPS) is 9.79. The van der Waals surface area contributed by atoms with Crippen molar-refractivity contribution in [2.24, 2.45) is 5.73 Å². The van der Waals surface area contributed by atoms with Crippen LogP contribution < -0.4 is 5.73 Å². The van der Waals surface area contributed by atoms with E-state index in [2.05, 4.69) is 12.1 Å². The zero-order chi connectivity index (χ0) is 10.4. The molecule has 0 saturated carbocycles. The maximum absolute atomic E-state index is 10.9. The van der Waals surface area contributed by atoms with Gasteiger partial charge in [-0.2, -0.15) is 0 Å². The lowest BCUT2D eigenvalue weighted by Crippen LogP contribution is -2.36. The summed E-state index contributed by atoms with van der Waals surface area (Å²) in [6.45, 7) is 3.29. The molecule has 76 valence electrons. The molecule has 0 aliphatic carbocycles. The minimum atomic E-state index is -0.344. The van der Waals surface area contributed by atoms with Gasteiger partial charge in [0.15, 0.2) is 0 Å². The van der Waals surface area contributed by atoms with Crippen molar-refractivity contribution >= 4 is 6.03 Å². The number of carbonyl (C=O) groups is 1. The Hall–Kier alpha value is -1.51. The van der Waals surface area contributed by atoms with E-state index in [1.54, 1.807) is 4.90 Å². The zero-order valence-electron chi connectivity index (χ0n) is 8.44. The van der Waals surface area contributed by atoms with Gasteiger partial charge in [0.1, 0.15) is 0 Å². The molecule has 2 amide bonds. The highest BCUT2D eigenvalue weighted by molar-refractivity contribution is 5.71. The summed E-state index contributed by atoms with van der Waals surface area (Å²) in [5, 5.41) is 0. The van der Waals surface area contributed by atoms with Crippen molar-refractivity contribution in [3.05, 3.63) is 35.9 Å². The fraction of sp³-hybridized carbons (Fsp3) is 0.364. The van der Waals surface area contributed by atoms with Crippen LogP contribution in [0.5, 0.6) is 0 Å². The van der Waals surface area contributed by atoms with Crippen molar-refractivity contribution in [2.45, 2.75) is 13.3 Å². The molecule has 0 spiro atoms. The van der Waals surface area contributed by atoms with Crippen LogP contribution in [0.4, 0.5) is 4.79 Å². The standard InChI is InChI=1S/C11H16N2O/c1-2-13(11(12)14)9-8-10-6-4-3-5-7-10/h3-7H,2,8-9H2,1H3,(H2,12,14). The predicted molar refractivity (Wildman–Crippen MR) is 57.0 cm³/mol. The maximum atomic E-state index is 10.9. The van der Waals surface area contributed by atoms with Gasteiger partial charge in [0.2, 0.25) is 0 Å². The third kappa shape index (κ3) is 3.09. The molecule has 0 atom stereocenters. The Labute approximate surface area is 84.5 Å². The maximum Gasteiger partial charge on any atom is 0.314 e. The molecule has 0 fully saturated rings. The number of benzene rings is 1. The summed E-state index contributed by atoms with van der Waals surface area (Å²) in [4.78, 5) is 12.5. The van der Waals surface area contributed by atoms with Crippen molar-refractivity contribution in [1.29, 1.82) is 0 Å². The van der Waals surface area contributed by atoms with Gasteiger partial charge < -0.3 is 10.6 Å². The molecule has 14 heavy (non-hydrogen) atoms. The Bertz CT molecular complexity index is 285. The lowest BCUT2D eigenvalue weighted by molar-refractivity contribution is 0.211. The van der Waals surface area contributed by atoms with Crippen LogP contribution >= 0.6 is 0 Å². The summed E-state index contributed by atoms with van der Waals surface area (Å²) in [6, 6.07) is 9.73. The molecule has 0 bridgehead atoms. The highest BCUT2D eigenvalue weighted by Crippen LogP contribution is 2.01. The van der Waals surface area contributed by atoms with Crippen molar-refractivity contribution in [3.63, 3.8) is 0 Å². The molecular formula is C11H16N2O. The molecule has 3 heteroatoms. The van der Waals surface area contributed by atoms with Crippen molar-refractivity contribution in [2.75, 3.05) is 13.1 Å². The number of hydrogen-bond acceptors (Lipinski definition) is 1. The lowest BCUT2D eigenvalue weighted by Gasteiger charge is -2.17. The number of nitrogens with zero attached hydrogens (tertiary/aromatic N) is 1. The van der Waals surface area contributed by atoms with Crippen LogP contribution in [0.2, 0.25) is 0 Å². The van der Waals surface area contributed by atoms with Crippen molar-refractivity contribution < 1.29 is 4.79 Å². The number of likely N-dealkylation sites (N-methyl/N-ethyl adjacent to an activating group) is 1. The third-order valence-corrected chi connectivity index (χ3v) is 2.21. The molecule has 0 heterocycles. The molecular weight excluding hydrogens is 176 g/mol. The Morgan fingerprint density at radius 3 is 2.50 bits per heavy atom. The third-order valence-electron chi connectivity index (χ3n) is 2.21. The zero-order valence-corrected chi connectivity index (χ0v) is 8.44. The number of urea groups is 1. The van der Waals surface area contributed by atoms with Crippen LogP contribution in [-0.2, 0) is 6.42 Å². The lowest BCUT2D eigenvalue weighted by atomic mass is 10.1. The average molecular weight is 192 g/mol. The van der Waals surface area contributed by atoms with Gasteiger partial charge in [-0.05, 0) is 18.9 Å². The van der Waals surface area contributed by atoms with Crippen LogP contribution in [0.15, 0.2) is 30.3 Å². The number of rotatable bonds is 4. The molecule has 3 nitrogen and oxygen atoms in total. The van der Waals surface area contributed by atoms with Crippen LogP contribution in [-0.4, -0.2) is 24.0 Å². The smallest absolute Gasteiger partial charge is 0.314 e. The van der Waals surface area contributed by atoms with Crippen LogP contribution in [0, 0.1) is 0 Å². The van der Waals surface area contributed by atoms with Crippen LogP contribution in [0.1, 0.15) is 12.5 Å². The SMILES string of the molecule is CCN(CCc1ccccc1)C(N)=O. The molecule has 1 aromatic rings. The summed E-state index contributed by atoms with van der Waals surface area (Å²) >= 11 is 0. The second-order valence-electron chi connectivity index (χ2n) is 3.15. The largest absolute Gasteiger partial charge is 0.351 e. The number of amides is 2. The van der Waals surface area contributed by atoms with E-state index in [1.807, 2.05) is 25.1 Å². The van der Waals surface area contributed by atoms with Crippen molar-refractivity contribution in [1.82, 2.24) is 4.90 Å². The topological polar surface area (TPSA) is 46.3 Å². The van der Waals surface area contributed by atoms with E-state index in [9.17, 15) is 4.79 Å². The van der Waals surface area contributed by atoms with Gasteiger partial charge in [0.05, 0.1) is 0 Å². The molecule has 0 aliphatic rings. The quantitative estimate of drug-likeness (QED) is 0.774. The van der Waals surface area contributed by atoms with E-state index in [0.29, 0.717) is 13.1 Å². The second kappa shape index (κ2) is 5.27.